The van der Waals surface area contributed by atoms with Gasteiger partial charge >= 0.3 is 0 Å². The molecule has 0 unspecified atom stereocenters. The van der Waals surface area contributed by atoms with Crippen molar-refractivity contribution < 1.29 is 27.8 Å². The lowest BCUT2D eigenvalue weighted by molar-refractivity contribution is -0.110. The number of hydrogen-bond donors (Lipinski definition) is 2. The highest BCUT2D eigenvalue weighted by atomic mass is 19.3. The predicted octanol–water partition coefficient (Wildman–Crippen LogP) is 4.99. The standard InChI is InChI=1S/C27H22F3N5O2.CH4O/c1-15-11-17(12-20(32-15)24(29)30)22-23(16-5-7-18(28)8-6-16)34-26(31)35-25(22)37-13-19-3-2-4-21(33-19)27(14-36)9-10-27;1-2/h2-8,11-12,14,24H,9-10,13H2,1H3,(H2,31,34,35);2H,1H3. The first-order valence-corrected chi connectivity index (χ1v) is 12.0. The first kappa shape index (κ1) is 27.6. The number of benzene rings is 1. The normalized spacial score (nSPS) is 13.4. The minimum atomic E-state index is -2.80. The van der Waals surface area contributed by atoms with Gasteiger partial charge in [0.25, 0.3) is 6.43 Å². The SMILES string of the molecule is CO.Cc1cc(-c2c(OCc3cccc(C4(C=O)CC4)n3)nc(N)nc2-c2ccc(F)cc2)cc(C(F)F)n1. The molecule has 0 saturated heterocycles. The number of nitrogens with two attached hydrogens (primary N) is 1. The lowest BCUT2D eigenvalue weighted by Crippen LogP contribution is -2.12. The number of nitrogen functional groups attached to an aromatic ring is 1. The molecule has 3 heterocycles. The summed E-state index contributed by atoms with van der Waals surface area (Å²) in [6, 6.07) is 13.7. The van der Waals surface area contributed by atoms with E-state index in [1.54, 1.807) is 31.2 Å². The van der Waals surface area contributed by atoms with E-state index in [1.807, 2.05) is 0 Å². The molecular weight excluding hydrogens is 511 g/mol. The maximum Gasteiger partial charge on any atom is 0.280 e. The van der Waals surface area contributed by atoms with Gasteiger partial charge in [0.15, 0.2) is 0 Å². The van der Waals surface area contributed by atoms with Crippen LogP contribution in [0.25, 0.3) is 22.4 Å². The summed E-state index contributed by atoms with van der Waals surface area (Å²) in [5, 5.41) is 7.00. The van der Waals surface area contributed by atoms with E-state index < -0.39 is 23.4 Å². The summed E-state index contributed by atoms with van der Waals surface area (Å²) in [6.45, 7) is 1.57. The number of halogens is 3. The Morgan fingerprint density at radius 1 is 1.03 bits per heavy atom. The van der Waals surface area contributed by atoms with Gasteiger partial charge in [0.05, 0.1) is 28.1 Å². The second kappa shape index (κ2) is 11.6. The third kappa shape index (κ3) is 6.04. The van der Waals surface area contributed by atoms with E-state index in [9.17, 15) is 18.0 Å². The van der Waals surface area contributed by atoms with Crippen molar-refractivity contribution in [2.24, 2.45) is 0 Å². The van der Waals surface area contributed by atoms with Gasteiger partial charge in [0.1, 0.15) is 24.4 Å². The number of aryl methyl sites for hydroxylation is 1. The zero-order chi connectivity index (χ0) is 28.2. The third-order valence-corrected chi connectivity index (χ3v) is 6.18. The molecule has 0 bridgehead atoms. The number of aldehydes is 1. The van der Waals surface area contributed by atoms with Gasteiger partial charge in [-0.05, 0) is 73.9 Å². The highest BCUT2D eigenvalue weighted by Crippen LogP contribution is 2.45. The molecule has 39 heavy (non-hydrogen) atoms. The maximum absolute atomic E-state index is 13.6. The van der Waals surface area contributed by atoms with E-state index in [4.69, 9.17) is 15.6 Å². The van der Waals surface area contributed by atoms with E-state index in [0.29, 0.717) is 33.8 Å². The molecule has 11 heteroatoms. The quantitative estimate of drug-likeness (QED) is 0.302. The molecule has 4 aromatic rings. The Morgan fingerprint density at radius 3 is 2.38 bits per heavy atom. The van der Waals surface area contributed by atoms with Gasteiger partial charge in [-0.3, -0.25) is 9.97 Å². The number of nitrogens with zero attached hydrogens (tertiary/aromatic N) is 4. The van der Waals surface area contributed by atoms with Gasteiger partial charge in [-0.25, -0.2) is 18.2 Å². The number of aliphatic hydroxyl groups excluding tert-OH is 1. The molecule has 0 atom stereocenters. The molecule has 3 aromatic heterocycles. The van der Waals surface area contributed by atoms with Crippen LogP contribution in [0.2, 0.25) is 0 Å². The molecule has 0 aliphatic heterocycles. The summed E-state index contributed by atoms with van der Waals surface area (Å²) in [7, 11) is 1.00. The van der Waals surface area contributed by atoms with E-state index >= 15 is 0 Å². The molecular formula is C28H26F3N5O3. The van der Waals surface area contributed by atoms with Gasteiger partial charge in [-0.1, -0.05) is 6.07 Å². The largest absolute Gasteiger partial charge is 0.471 e. The van der Waals surface area contributed by atoms with Gasteiger partial charge in [0, 0.05) is 18.4 Å². The van der Waals surface area contributed by atoms with Crippen molar-refractivity contribution in [2.45, 2.75) is 38.2 Å². The fourth-order valence-corrected chi connectivity index (χ4v) is 4.14. The number of ether oxygens (including phenoxy) is 1. The van der Waals surface area contributed by atoms with E-state index in [1.165, 1.54) is 30.3 Å². The second-order valence-electron chi connectivity index (χ2n) is 8.92. The molecule has 1 fully saturated rings. The number of aromatic nitrogens is 4. The predicted molar refractivity (Wildman–Crippen MR) is 138 cm³/mol. The molecule has 202 valence electrons. The number of pyridine rings is 2. The summed E-state index contributed by atoms with van der Waals surface area (Å²) in [6.07, 6.45) is -0.388. The minimum Gasteiger partial charge on any atom is -0.471 e. The molecule has 1 saturated carbocycles. The number of hydrogen-bond acceptors (Lipinski definition) is 8. The van der Waals surface area contributed by atoms with E-state index in [0.717, 1.165) is 26.2 Å². The summed E-state index contributed by atoms with van der Waals surface area (Å²) < 4.78 is 46.9. The van der Waals surface area contributed by atoms with Gasteiger partial charge < -0.3 is 20.4 Å². The Bertz CT molecular complexity index is 1480. The molecule has 0 spiro atoms. The highest BCUT2D eigenvalue weighted by Gasteiger charge is 2.45. The average Bonchev–Trinajstić information content (AvgIpc) is 3.74. The van der Waals surface area contributed by atoms with Crippen molar-refractivity contribution in [3.05, 3.63) is 83.2 Å². The van der Waals surface area contributed by atoms with Crippen LogP contribution in [0.15, 0.2) is 54.6 Å². The smallest absolute Gasteiger partial charge is 0.280 e. The fraction of sp³-hybridized carbons (Fsp3) is 0.250. The molecule has 0 amide bonds. The average molecular weight is 538 g/mol. The van der Waals surface area contributed by atoms with Crippen molar-refractivity contribution in [1.29, 1.82) is 0 Å². The lowest BCUT2D eigenvalue weighted by Gasteiger charge is -2.17. The van der Waals surface area contributed by atoms with Crippen molar-refractivity contribution in [2.75, 3.05) is 12.8 Å². The van der Waals surface area contributed by atoms with Gasteiger partial charge in [-0.15, -0.1) is 0 Å². The van der Waals surface area contributed by atoms with Gasteiger partial charge in [-0.2, -0.15) is 4.98 Å². The second-order valence-corrected chi connectivity index (χ2v) is 8.92. The molecule has 5 rings (SSSR count). The number of alkyl halides is 2. The van der Waals surface area contributed by atoms with Crippen LogP contribution in [0.5, 0.6) is 5.88 Å². The third-order valence-electron chi connectivity index (χ3n) is 6.18. The van der Waals surface area contributed by atoms with Crippen LogP contribution in [0, 0.1) is 12.7 Å². The Morgan fingerprint density at radius 2 is 1.74 bits per heavy atom. The zero-order valence-electron chi connectivity index (χ0n) is 21.2. The number of anilines is 1. The van der Waals surface area contributed by atoms with Gasteiger partial charge in [0.2, 0.25) is 11.8 Å². The first-order chi connectivity index (χ1) is 18.8. The zero-order valence-corrected chi connectivity index (χ0v) is 21.2. The van der Waals surface area contributed by atoms with Crippen molar-refractivity contribution in [1.82, 2.24) is 19.9 Å². The first-order valence-electron chi connectivity index (χ1n) is 12.0. The van der Waals surface area contributed by atoms with Crippen LogP contribution in [0.4, 0.5) is 19.1 Å². The van der Waals surface area contributed by atoms with Crippen molar-refractivity contribution in [3.63, 3.8) is 0 Å². The number of carbonyl (C=O) groups excluding carboxylic acids is 1. The Kier molecular flexibility index (Phi) is 8.20. The van der Waals surface area contributed by atoms with Crippen LogP contribution in [-0.4, -0.2) is 38.4 Å². The summed E-state index contributed by atoms with van der Waals surface area (Å²) >= 11 is 0. The van der Waals surface area contributed by atoms with Crippen LogP contribution >= 0.6 is 0 Å². The number of carbonyl (C=O) groups is 1. The van der Waals surface area contributed by atoms with Crippen LogP contribution in [-0.2, 0) is 16.8 Å². The topological polar surface area (TPSA) is 124 Å². The Labute approximate surface area is 222 Å². The lowest BCUT2D eigenvalue weighted by atomic mass is 9.99. The van der Waals surface area contributed by atoms with Crippen molar-refractivity contribution >= 4 is 12.2 Å². The van der Waals surface area contributed by atoms with Crippen molar-refractivity contribution in [3.8, 4) is 28.3 Å². The molecule has 1 aliphatic rings. The molecule has 1 aliphatic carbocycles. The summed E-state index contributed by atoms with van der Waals surface area (Å²) in [5.74, 6) is -0.517. The van der Waals surface area contributed by atoms with E-state index in [-0.39, 0.29) is 24.1 Å². The summed E-state index contributed by atoms with van der Waals surface area (Å²) in [5.41, 5.74) is 8.04. The number of rotatable bonds is 8. The Hall–Kier alpha value is -4.38. The van der Waals surface area contributed by atoms with Crippen LogP contribution < -0.4 is 10.5 Å². The molecule has 3 N–H and O–H groups in total. The maximum atomic E-state index is 13.6. The summed E-state index contributed by atoms with van der Waals surface area (Å²) in [4.78, 5) is 28.6. The van der Waals surface area contributed by atoms with Crippen LogP contribution in [0.3, 0.4) is 0 Å². The monoisotopic (exact) mass is 537 g/mol. The fourth-order valence-electron chi connectivity index (χ4n) is 4.14. The molecule has 1 aromatic carbocycles. The highest BCUT2D eigenvalue weighted by molar-refractivity contribution is 5.85. The molecule has 8 nitrogen and oxygen atoms in total. The number of aliphatic hydroxyl groups is 1. The van der Waals surface area contributed by atoms with E-state index in [2.05, 4.69) is 19.9 Å². The molecule has 0 radical (unpaired) electrons. The minimum absolute atomic E-state index is 0.0269. The van der Waals surface area contributed by atoms with Crippen LogP contribution in [0.1, 0.15) is 42.0 Å². The Balaban J connectivity index is 0.00000172.